The fourth-order valence-electron chi connectivity index (χ4n) is 1.58. The maximum absolute atomic E-state index is 5.78. The first kappa shape index (κ1) is 12.4. The molecule has 0 aliphatic heterocycles. The Kier molecular flexibility index (Phi) is 5.03. The van der Waals surface area contributed by atoms with Crippen molar-refractivity contribution in [1.82, 2.24) is 0 Å². The molecule has 0 aliphatic rings. The van der Waals surface area contributed by atoms with E-state index < -0.39 is 0 Å². The number of benzene rings is 1. The minimum Gasteiger partial charge on any atom is -0.399 e. The number of anilines is 1. The van der Waals surface area contributed by atoms with Crippen LogP contribution in [-0.2, 0) is 0 Å². The highest BCUT2D eigenvalue weighted by molar-refractivity contribution is 7.99. The third kappa shape index (κ3) is 4.17. The predicted octanol–water partition coefficient (Wildman–Crippen LogP) is 4.11. The summed E-state index contributed by atoms with van der Waals surface area (Å²) in [7, 11) is 0. The Morgan fingerprint density at radius 1 is 1.40 bits per heavy atom. The lowest BCUT2D eigenvalue weighted by Crippen LogP contribution is -1.97. The van der Waals surface area contributed by atoms with Crippen molar-refractivity contribution in [1.29, 1.82) is 0 Å². The molecule has 0 heterocycles. The summed E-state index contributed by atoms with van der Waals surface area (Å²) in [5, 5.41) is 0. The van der Waals surface area contributed by atoms with Gasteiger partial charge in [-0.2, -0.15) is 0 Å². The van der Waals surface area contributed by atoms with E-state index in [1.165, 1.54) is 29.1 Å². The monoisotopic (exact) mass is 223 g/mol. The van der Waals surface area contributed by atoms with Crippen molar-refractivity contribution in [3.8, 4) is 0 Å². The zero-order chi connectivity index (χ0) is 11.3. The van der Waals surface area contributed by atoms with Crippen LogP contribution in [0.15, 0.2) is 23.1 Å². The van der Waals surface area contributed by atoms with E-state index in [2.05, 4.69) is 32.9 Å². The Morgan fingerprint density at radius 3 is 2.80 bits per heavy atom. The van der Waals surface area contributed by atoms with Gasteiger partial charge >= 0.3 is 0 Å². The Labute approximate surface area is 97.4 Å². The van der Waals surface area contributed by atoms with Gasteiger partial charge in [0.15, 0.2) is 0 Å². The Morgan fingerprint density at radius 2 is 2.13 bits per heavy atom. The lowest BCUT2D eigenvalue weighted by molar-refractivity contribution is 0.585. The molecule has 2 heteroatoms. The highest BCUT2D eigenvalue weighted by Gasteiger charge is 2.04. The number of aryl methyl sites for hydroxylation is 1. The molecule has 2 N–H and O–H groups in total. The van der Waals surface area contributed by atoms with Crippen LogP contribution in [0.25, 0.3) is 0 Å². The normalized spacial score (nSPS) is 12.7. The minimum atomic E-state index is 0.792. The topological polar surface area (TPSA) is 26.0 Å². The summed E-state index contributed by atoms with van der Waals surface area (Å²) in [5.41, 5.74) is 7.98. The van der Waals surface area contributed by atoms with Crippen molar-refractivity contribution in [2.45, 2.75) is 38.5 Å². The van der Waals surface area contributed by atoms with Crippen molar-refractivity contribution in [2.75, 3.05) is 11.5 Å². The van der Waals surface area contributed by atoms with Gasteiger partial charge in [0.05, 0.1) is 0 Å². The quantitative estimate of drug-likeness (QED) is 0.600. The molecule has 1 unspecified atom stereocenters. The van der Waals surface area contributed by atoms with E-state index >= 15 is 0 Å². The van der Waals surface area contributed by atoms with Crippen LogP contribution in [0.2, 0.25) is 0 Å². The minimum absolute atomic E-state index is 0.792. The number of nitrogens with two attached hydrogens (primary N) is 1. The molecule has 15 heavy (non-hydrogen) atoms. The standard InChI is InChI=1S/C13H21NS/c1-4-5-10(2)9-15-13-8-12(14)7-6-11(13)3/h6-8,10H,4-5,9,14H2,1-3H3. The summed E-state index contributed by atoms with van der Waals surface area (Å²) < 4.78 is 0. The number of rotatable bonds is 5. The summed E-state index contributed by atoms with van der Waals surface area (Å²) in [6.07, 6.45) is 2.59. The van der Waals surface area contributed by atoms with Crippen molar-refractivity contribution in [3.63, 3.8) is 0 Å². The van der Waals surface area contributed by atoms with Crippen LogP contribution >= 0.6 is 11.8 Å². The maximum Gasteiger partial charge on any atom is 0.0325 e. The molecule has 0 aromatic heterocycles. The van der Waals surface area contributed by atoms with Gasteiger partial charge in [0.1, 0.15) is 0 Å². The van der Waals surface area contributed by atoms with E-state index in [1.807, 2.05) is 17.8 Å². The molecular weight excluding hydrogens is 202 g/mol. The second-order valence-electron chi connectivity index (χ2n) is 4.23. The van der Waals surface area contributed by atoms with Gasteiger partial charge in [0.2, 0.25) is 0 Å². The largest absolute Gasteiger partial charge is 0.399 e. The van der Waals surface area contributed by atoms with E-state index in [1.54, 1.807) is 0 Å². The SMILES string of the molecule is CCCC(C)CSc1cc(N)ccc1C. The highest BCUT2D eigenvalue weighted by Crippen LogP contribution is 2.27. The van der Waals surface area contributed by atoms with Gasteiger partial charge in [-0.25, -0.2) is 0 Å². The van der Waals surface area contributed by atoms with Gasteiger partial charge in [-0.05, 0) is 30.5 Å². The summed E-state index contributed by atoms with van der Waals surface area (Å²) in [4.78, 5) is 1.33. The number of hydrogen-bond acceptors (Lipinski definition) is 2. The molecule has 0 amide bonds. The van der Waals surface area contributed by atoms with E-state index in [-0.39, 0.29) is 0 Å². The summed E-state index contributed by atoms with van der Waals surface area (Å²) >= 11 is 1.93. The first-order valence-electron chi connectivity index (χ1n) is 5.62. The molecule has 0 radical (unpaired) electrons. The van der Waals surface area contributed by atoms with Gasteiger partial charge in [-0.15, -0.1) is 11.8 Å². The lowest BCUT2D eigenvalue weighted by atomic mass is 10.1. The van der Waals surface area contributed by atoms with Crippen LogP contribution in [0.3, 0.4) is 0 Å². The molecule has 1 aromatic carbocycles. The van der Waals surface area contributed by atoms with Crippen molar-refractivity contribution >= 4 is 17.4 Å². The molecule has 0 saturated carbocycles. The first-order valence-corrected chi connectivity index (χ1v) is 6.61. The van der Waals surface area contributed by atoms with E-state index in [9.17, 15) is 0 Å². The highest BCUT2D eigenvalue weighted by atomic mass is 32.2. The summed E-state index contributed by atoms with van der Waals surface area (Å²) in [6.45, 7) is 6.71. The second-order valence-corrected chi connectivity index (χ2v) is 5.29. The number of hydrogen-bond donors (Lipinski definition) is 1. The van der Waals surface area contributed by atoms with Crippen LogP contribution in [-0.4, -0.2) is 5.75 Å². The zero-order valence-electron chi connectivity index (χ0n) is 9.92. The van der Waals surface area contributed by atoms with Crippen molar-refractivity contribution < 1.29 is 0 Å². The molecular formula is C13H21NS. The van der Waals surface area contributed by atoms with Gasteiger partial charge in [0.25, 0.3) is 0 Å². The third-order valence-corrected chi connectivity index (χ3v) is 4.00. The molecule has 0 spiro atoms. The molecule has 1 nitrogen and oxygen atoms in total. The van der Waals surface area contributed by atoms with Gasteiger partial charge in [-0.1, -0.05) is 32.8 Å². The van der Waals surface area contributed by atoms with Crippen molar-refractivity contribution in [3.05, 3.63) is 23.8 Å². The molecule has 0 fully saturated rings. The molecule has 1 atom stereocenters. The summed E-state index contributed by atoms with van der Waals surface area (Å²) in [6, 6.07) is 6.15. The van der Waals surface area contributed by atoms with Crippen LogP contribution in [0, 0.1) is 12.8 Å². The van der Waals surface area contributed by atoms with Crippen molar-refractivity contribution in [2.24, 2.45) is 5.92 Å². The fourth-order valence-corrected chi connectivity index (χ4v) is 2.73. The van der Waals surface area contributed by atoms with E-state index in [4.69, 9.17) is 5.73 Å². The van der Waals surface area contributed by atoms with Crippen LogP contribution < -0.4 is 5.73 Å². The average Bonchev–Trinajstić information content (AvgIpc) is 2.20. The average molecular weight is 223 g/mol. The number of nitrogen functional groups attached to an aromatic ring is 1. The summed E-state index contributed by atoms with van der Waals surface area (Å²) in [5.74, 6) is 1.99. The smallest absolute Gasteiger partial charge is 0.0325 e. The van der Waals surface area contributed by atoms with Gasteiger partial charge < -0.3 is 5.73 Å². The lowest BCUT2D eigenvalue weighted by Gasteiger charge is -2.11. The Hall–Kier alpha value is -0.630. The Balaban J connectivity index is 2.53. The molecule has 0 saturated heterocycles. The third-order valence-electron chi connectivity index (χ3n) is 2.52. The van der Waals surface area contributed by atoms with E-state index in [0.717, 1.165) is 11.6 Å². The molecule has 0 aliphatic carbocycles. The predicted molar refractivity (Wildman–Crippen MR) is 70.4 cm³/mol. The zero-order valence-corrected chi connectivity index (χ0v) is 10.7. The van der Waals surface area contributed by atoms with Gasteiger partial charge in [-0.3, -0.25) is 0 Å². The van der Waals surface area contributed by atoms with Gasteiger partial charge in [0, 0.05) is 16.3 Å². The maximum atomic E-state index is 5.78. The fraction of sp³-hybridized carbons (Fsp3) is 0.538. The van der Waals surface area contributed by atoms with Crippen LogP contribution in [0.5, 0.6) is 0 Å². The second kappa shape index (κ2) is 6.06. The number of thioether (sulfide) groups is 1. The van der Waals surface area contributed by atoms with E-state index in [0.29, 0.717) is 0 Å². The van der Waals surface area contributed by atoms with Crippen LogP contribution in [0.1, 0.15) is 32.3 Å². The molecule has 1 rings (SSSR count). The van der Waals surface area contributed by atoms with Crippen LogP contribution in [0.4, 0.5) is 5.69 Å². The molecule has 0 bridgehead atoms. The molecule has 84 valence electrons. The first-order chi connectivity index (χ1) is 7.13. The molecule has 1 aromatic rings. The Bertz CT molecular complexity index is 309.